The predicted octanol–water partition coefficient (Wildman–Crippen LogP) is 2.64. The van der Waals surface area contributed by atoms with Crippen LogP contribution in [0.15, 0.2) is 24.3 Å². The van der Waals surface area contributed by atoms with Crippen molar-refractivity contribution >= 4 is 5.90 Å². The van der Waals surface area contributed by atoms with Gasteiger partial charge in [-0.1, -0.05) is 12.1 Å². The predicted molar refractivity (Wildman–Crippen MR) is 60.7 cm³/mol. The molecule has 3 heteroatoms. The van der Waals surface area contributed by atoms with E-state index >= 15 is 0 Å². The summed E-state index contributed by atoms with van der Waals surface area (Å²) >= 11 is 0. The summed E-state index contributed by atoms with van der Waals surface area (Å²) in [5.74, 6) is 1.21. The summed E-state index contributed by atoms with van der Waals surface area (Å²) in [6, 6.07) is 7.88. The molecule has 0 unspecified atom stereocenters. The molecule has 0 heterocycles. The number of methoxy groups -OCH3 is 1. The Morgan fingerprint density at radius 3 is 2.47 bits per heavy atom. The highest BCUT2D eigenvalue weighted by atomic mass is 16.5. The molecule has 0 spiro atoms. The Labute approximate surface area is 90.5 Å². The van der Waals surface area contributed by atoms with Gasteiger partial charge in [0.25, 0.3) is 0 Å². The first-order valence-corrected chi connectivity index (χ1v) is 5.09. The summed E-state index contributed by atoms with van der Waals surface area (Å²) in [6.07, 6.45) is 1.49. The van der Waals surface area contributed by atoms with Crippen molar-refractivity contribution in [3.8, 4) is 5.75 Å². The van der Waals surface area contributed by atoms with Crippen molar-refractivity contribution in [2.75, 3.05) is 13.7 Å². The lowest BCUT2D eigenvalue weighted by atomic mass is 10.1. The second-order valence-corrected chi connectivity index (χ2v) is 3.20. The van der Waals surface area contributed by atoms with Crippen molar-refractivity contribution in [3.63, 3.8) is 0 Å². The standard InChI is InChI=1S/C12H17NO2/c1-3-15-12(13)9-6-10-4-7-11(14-2)8-5-10/h4-5,7-8,13H,3,6,9H2,1-2H3. The molecule has 0 aliphatic carbocycles. The van der Waals surface area contributed by atoms with Crippen LogP contribution in [0.5, 0.6) is 5.75 Å². The third kappa shape index (κ3) is 4.02. The van der Waals surface area contributed by atoms with Crippen LogP contribution in [0.4, 0.5) is 0 Å². The van der Waals surface area contributed by atoms with Gasteiger partial charge in [0.2, 0.25) is 0 Å². The van der Waals surface area contributed by atoms with Gasteiger partial charge in [-0.25, -0.2) is 0 Å². The van der Waals surface area contributed by atoms with Crippen LogP contribution < -0.4 is 4.74 Å². The van der Waals surface area contributed by atoms with E-state index in [1.807, 2.05) is 31.2 Å². The fourth-order valence-corrected chi connectivity index (χ4v) is 1.30. The Hall–Kier alpha value is -1.51. The first kappa shape index (κ1) is 11.6. The van der Waals surface area contributed by atoms with Gasteiger partial charge in [0, 0.05) is 6.42 Å². The third-order valence-electron chi connectivity index (χ3n) is 2.12. The third-order valence-corrected chi connectivity index (χ3v) is 2.12. The molecule has 1 rings (SSSR count). The van der Waals surface area contributed by atoms with E-state index in [1.165, 1.54) is 5.56 Å². The van der Waals surface area contributed by atoms with Crippen molar-refractivity contribution in [2.24, 2.45) is 0 Å². The molecule has 0 aromatic heterocycles. The largest absolute Gasteiger partial charge is 0.497 e. The van der Waals surface area contributed by atoms with Gasteiger partial charge >= 0.3 is 0 Å². The molecule has 0 atom stereocenters. The zero-order valence-electron chi connectivity index (χ0n) is 9.25. The average molecular weight is 207 g/mol. The molecule has 0 radical (unpaired) electrons. The molecule has 1 aromatic carbocycles. The number of hydrogen-bond donors (Lipinski definition) is 1. The highest BCUT2D eigenvalue weighted by Crippen LogP contribution is 2.12. The zero-order chi connectivity index (χ0) is 11.1. The highest BCUT2D eigenvalue weighted by molar-refractivity contribution is 5.72. The van der Waals surface area contributed by atoms with Crippen molar-refractivity contribution < 1.29 is 9.47 Å². The zero-order valence-corrected chi connectivity index (χ0v) is 9.25. The molecule has 82 valence electrons. The van der Waals surface area contributed by atoms with Crippen LogP contribution >= 0.6 is 0 Å². The molecule has 15 heavy (non-hydrogen) atoms. The maximum atomic E-state index is 7.47. The SMILES string of the molecule is CCOC(=N)CCc1ccc(OC)cc1. The van der Waals surface area contributed by atoms with Gasteiger partial charge in [0.05, 0.1) is 13.7 Å². The number of aryl methyl sites for hydroxylation is 1. The summed E-state index contributed by atoms with van der Waals surface area (Å²) in [5, 5.41) is 7.47. The smallest absolute Gasteiger partial charge is 0.180 e. The highest BCUT2D eigenvalue weighted by Gasteiger charge is 1.99. The lowest BCUT2D eigenvalue weighted by molar-refractivity contribution is 0.314. The molecule has 1 N–H and O–H groups in total. The molecule has 0 aliphatic heterocycles. The van der Waals surface area contributed by atoms with Gasteiger partial charge in [0.1, 0.15) is 5.75 Å². The molecule has 0 saturated heterocycles. The summed E-state index contributed by atoms with van der Waals surface area (Å²) in [6.45, 7) is 2.46. The Bertz CT molecular complexity index is 306. The van der Waals surface area contributed by atoms with Gasteiger partial charge in [-0.3, -0.25) is 5.41 Å². The van der Waals surface area contributed by atoms with Crippen molar-refractivity contribution in [2.45, 2.75) is 19.8 Å². The molecule has 0 aliphatic rings. The minimum atomic E-state index is 0.355. The van der Waals surface area contributed by atoms with E-state index in [0.717, 1.165) is 12.2 Å². The minimum Gasteiger partial charge on any atom is -0.497 e. The Morgan fingerprint density at radius 1 is 1.27 bits per heavy atom. The quantitative estimate of drug-likeness (QED) is 0.595. The number of ether oxygens (including phenoxy) is 2. The second kappa shape index (κ2) is 6.06. The maximum absolute atomic E-state index is 7.47. The molecular formula is C12H17NO2. The first-order chi connectivity index (χ1) is 7.26. The van der Waals surface area contributed by atoms with Crippen LogP contribution in [-0.4, -0.2) is 19.6 Å². The number of benzene rings is 1. The molecule has 3 nitrogen and oxygen atoms in total. The van der Waals surface area contributed by atoms with E-state index in [4.69, 9.17) is 14.9 Å². The van der Waals surface area contributed by atoms with Crippen molar-refractivity contribution in [1.29, 1.82) is 5.41 Å². The van der Waals surface area contributed by atoms with Crippen LogP contribution in [0, 0.1) is 5.41 Å². The van der Waals surface area contributed by atoms with Gasteiger partial charge in [-0.2, -0.15) is 0 Å². The Kier molecular flexibility index (Phi) is 4.68. The Morgan fingerprint density at radius 2 is 1.93 bits per heavy atom. The van der Waals surface area contributed by atoms with E-state index in [0.29, 0.717) is 18.9 Å². The Balaban J connectivity index is 2.40. The fourth-order valence-electron chi connectivity index (χ4n) is 1.30. The lowest BCUT2D eigenvalue weighted by Crippen LogP contribution is -2.04. The molecule has 0 bridgehead atoms. The van der Waals surface area contributed by atoms with Crippen LogP contribution in [0.25, 0.3) is 0 Å². The first-order valence-electron chi connectivity index (χ1n) is 5.09. The van der Waals surface area contributed by atoms with E-state index in [-0.39, 0.29) is 0 Å². The fraction of sp³-hybridized carbons (Fsp3) is 0.417. The van der Waals surface area contributed by atoms with E-state index < -0.39 is 0 Å². The molecule has 0 saturated carbocycles. The van der Waals surface area contributed by atoms with E-state index in [9.17, 15) is 0 Å². The lowest BCUT2D eigenvalue weighted by Gasteiger charge is -2.05. The molecule has 1 aromatic rings. The van der Waals surface area contributed by atoms with Gasteiger partial charge < -0.3 is 9.47 Å². The normalized spacial score (nSPS) is 9.73. The van der Waals surface area contributed by atoms with E-state index in [2.05, 4.69) is 0 Å². The summed E-state index contributed by atoms with van der Waals surface area (Å²) in [5.41, 5.74) is 1.19. The summed E-state index contributed by atoms with van der Waals surface area (Å²) in [7, 11) is 1.65. The summed E-state index contributed by atoms with van der Waals surface area (Å²) in [4.78, 5) is 0. The molecule has 0 fully saturated rings. The summed E-state index contributed by atoms with van der Waals surface area (Å²) < 4.78 is 10.1. The molecule has 0 amide bonds. The topological polar surface area (TPSA) is 42.3 Å². The molecular weight excluding hydrogens is 190 g/mol. The van der Waals surface area contributed by atoms with Crippen LogP contribution in [-0.2, 0) is 11.2 Å². The number of hydrogen-bond acceptors (Lipinski definition) is 3. The van der Waals surface area contributed by atoms with Crippen LogP contribution in [0.3, 0.4) is 0 Å². The van der Waals surface area contributed by atoms with Crippen molar-refractivity contribution in [3.05, 3.63) is 29.8 Å². The maximum Gasteiger partial charge on any atom is 0.180 e. The number of rotatable bonds is 5. The van der Waals surface area contributed by atoms with Gasteiger partial charge in [-0.05, 0) is 31.0 Å². The average Bonchev–Trinajstić information content (AvgIpc) is 2.27. The van der Waals surface area contributed by atoms with Crippen LogP contribution in [0.2, 0.25) is 0 Å². The monoisotopic (exact) mass is 207 g/mol. The number of nitrogens with one attached hydrogen (secondary N) is 1. The van der Waals surface area contributed by atoms with Gasteiger partial charge in [0.15, 0.2) is 5.90 Å². The van der Waals surface area contributed by atoms with Gasteiger partial charge in [-0.15, -0.1) is 0 Å². The minimum absolute atomic E-state index is 0.355. The van der Waals surface area contributed by atoms with Crippen molar-refractivity contribution in [1.82, 2.24) is 0 Å². The van der Waals surface area contributed by atoms with Crippen LogP contribution in [0.1, 0.15) is 18.9 Å². The van der Waals surface area contributed by atoms with E-state index in [1.54, 1.807) is 7.11 Å². The second-order valence-electron chi connectivity index (χ2n) is 3.20.